The number of hydrogen-bond acceptors (Lipinski definition) is 4. The molecule has 1 fully saturated rings. The van der Waals surface area contributed by atoms with E-state index in [1.165, 1.54) is 0 Å². The maximum absolute atomic E-state index is 12.2. The van der Waals surface area contributed by atoms with Crippen molar-refractivity contribution >= 4 is 29.1 Å². The second kappa shape index (κ2) is 9.33. The molecule has 1 aromatic carbocycles. The molecule has 1 heterocycles. The van der Waals surface area contributed by atoms with E-state index in [-0.39, 0.29) is 18.6 Å². The number of benzene rings is 1. The van der Waals surface area contributed by atoms with Crippen LogP contribution >= 0.6 is 23.2 Å². The van der Waals surface area contributed by atoms with Crippen LogP contribution in [0.25, 0.3) is 0 Å². The average Bonchev–Trinajstić information content (AvgIpc) is 2.53. The summed E-state index contributed by atoms with van der Waals surface area (Å²) in [7, 11) is 0. The highest BCUT2D eigenvalue weighted by Gasteiger charge is 2.23. The van der Waals surface area contributed by atoms with E-state index in [2.05, 4.69) is 0 Å². The number of carbonyl (C=O) groups is 1. The Morgan fingerprint density at radius 3 is 2.48 bits per heavy atom. The van der Waals surface area contributed by atoms with Gasteiger partial charge in [-0.3, -0.25) is 4.79 Å². The van der Waals surface area contributed by atoms with Crippen LogP contribution in [0.4, 0.5) is 0 Å². The number of nitrogens with zero attached hydrogens (tertiary/aromatic N) is 1. The molecule has 23 heavy (non-hydrogen) atoms. The van der Waals surface area contributed by atoms with E-state index in [9.17, 15) is 4.79 Å². The molecule has 1 saturated heterocycles. The molecule has 2 rings (SSSR count). The van der Waals surface area contributed by atoms with E-state index in [1.54, 1.807) is 23.1 Å². The smallest absolute Gasteiger partial charge is 0.260 e. The van der Waals surface area contributed by atoms with Gasteiger partial charge in [-0.2, -0.15) is 0 Å². The Labute approximate surface area is 146 Å². The second-order valence-corrected chi connectivity index (χ2v) is 6.36. The molecule has 0 atom stereocenters. The molecule has 1 amide bonds. The van der Waals surface area contributed by atoms with Gasteiger partial charge in [-0.1, -0.05) is 23.2 Å². The van der Waals surface area contributed by atoms with Crippen molar-refractivity contribution in [2.75, 3.05) is 32.8 Å². The van der Waals surface area contributed by atoms with Gasteiger partial charge >= 0.3 is 0 Å². The van der Waals surface area contributed by atoms with Gasteiger partial charge in [0.25, 0.3) is 5.91 Å². The van der Waals surface area contributed by atoms with Crippen LogP contribution < -0.4 is 10.5 Å². The van der Waals surface area contributed by atoms with Crippen LogP contribution in [0.3, 0.4) is 0 Å². The molecular weight excluding hydrogens is 339 g/mol. The minimum absolute atomic E-state index is 0.0185. The van der Waals surface area contributed by atoms with Gasteiger partial charge < -0.3 is 20.1 Å². The fourth-order valence-corrected chi connectivity index (χ4v) is 2.96. The Morgan fingerprint density at radius 1 is 1.22 bits per heavy atom. The Bertz CT molecular complexity index is 500. The van der Waals surface area contributed by atoms with Crippen LogP contribution in [-0.4, -0.2) is 49.8 Å². The van der Waals surface area contributed by atoms with Crippen molar-refractivity contribution in [1.82, 2.24) is 4.90 Å². The third kappa shape index (κ3) is 6.18. The van der Waals surface area contributed by atoms with Gasteiger partial charge in [-0.05, 0) is 44.0 Å². The number of carbonyl (C=O) groups excluding carboxylic acids is 1. The molecule has 7 heteroatoms. The minimum atomic E-state index is -0.0403. The maximum atomic E-state index is 12.2. The molecule has 0 aromatic heterocycles. The number of ether oxygens (including phenoxy) is 2. The average molecular weight is 361 g/mol. The normalized spacial score (nSPS) is 15.7. The third-order valence-electron chi connectivity index (χ3n) is 3.70. The molecule has 1 aromatic rings. The van der Waals surface area contributed by atoms with Crippen molar-refractivity contribution in [3.63, 3.8) is 0 Å². The predicted octanol–water partition coefficient (Wildman–Crippen LogP) is 2.73. The summed E-state index contributed by atoms with van der Waals surface area (Å²) in [6.07, 6.45) is 2.78. The zero-order chi connectivity index (χ0) is 16.7. The monoisotopic (exact) mass is 360 g/mol. The molecule has 1 aliphatic rings. The summed E-state index contributed by atoms with van der Waals surface area (Å²) in [5, 5.41) is 0.964. The predicted molar refractivity (Wildman–Crippen MR) is 91.2 cm³/mol. The summed E-state index contributed by atoms with van der Waals surface area (Å²) in [5.74, 6) is 0.456. The van der Waals surface area contributed by atoms with E-state index in [0.29, 0.717) is 42.0 Å². The Hall–Kier alpha value is -1.01. The summed E-state index contributed by atoms with van der Waals surface area (Å²) in [5.41, 5.74) is 5.44. The zero-order valence-corrected chi connectivity index (χ0v) is 14.5. The van der Waals surface area contributed by atoms with E-state index in [4.69, 9.17) is 38.4 Å². The van der Waals surface area contributed by atoms with Gasteiger partial charge in [-0.15, -0.1) is 0 Å². The first-order valence-electron chi connectivity index (χ1n) is 7.77. The van der Waals surface area contributed by atoms with Crippen molar-refractivity contribution < 1.29 is 14.3 Å². The number of likely N-dealkylation sites (tertiary alicyclic amines) is 1. The Balaban J connectivity index is 1.72. The Kier molecular flexibility index (Phi) is 7.43. The van der Waals surface area contributed by atoms with Gasteiger partial charge in [0, 0.05) is 29.7 Å². The molecule has 0 unspecified atom stereocenters. The van der Waals surface area contributed by atoms with Crippen molar-refractivity contribution in [2.24, 2.45) is 5.73 Å². The highest BCUT2D eigenvalue weighted by atomic mass is 35.5. The molecule has 0 aliphatic carbocycles. The zero-order valence-electron chi connectivity index (χ0n) is 13.0. The van der Waals surface area contributed by atoms with Crippen LogP contribution in [-0.2, 0) is 9.53 Å². The number of halogens is 2. The molecule has 1 aliphatic heterocycles. The van der Waals surface area contributed by atoms with Crippen molar-refractivity contribution in [2.45, 2.75) is 25.4 Å². The van der Waals surface area contributed by atoms with Crippen molar-refractivity contribution in [3.05, 3.63) is 28.2 Å². The lowest BCUT2D eigenvalue weighted by molar-refractivity contribution is -0.136. The van der Waals surface area contributed by atoms with Crippen LogP contribution in [0.1, 0.15) is 19.3 Å². The van der Waals surface area contributed by atoms with Gasteiger partial charge in [0.15, 0.2) is 6.61 Å². The van der Waals surface area contributed by atoms with E-state index in [0.717, 1.165) is 19.3 Å². The quantitative estimate of drug-likeness (QED) is 0.759. The first-order valence-corrected chi connectivity index (χ1v) is 8.52. The first-order chi connectivity index (χ1) is 11.1. The van der Waals surface area contributed by atoms with Crippen LogP contribution in [0.15, 0.2) is 18.2 Å². The largest absolute Gasteiger partial charge is 0.484 e. The van der Waals surface area contributed by atoms with Crippen molar-refractivity contribution in [3.8, 4) is 5.75 Å². The molecule has 2 N–H and O–H groups in total. The highest BCUT2D eigenvalue weighted by Crippen LogP contribution is 2.24. The lowest BCUT2D eigenvalue weighted by Crippen LogP contribution is -2.43. The lowest BCUT2D eigenvalue weighted by atomic mass is 10.1. The van der Waals surface area contributed by atoms with Crippen LogP contribution in [0, 0.1) is 0 Å². The second-order valence-electron chi connectivity index (χ2n) is 5.49. The van der Waals surface area contributed by atoms with Crippen molar-refractivity contribution in [1.29, 1.82) is 0 Å². The summed E-state index contributed by atoms with van der Waals surface area (Å²) >= 11 is 11.8. The fourth-order valence-electron chi connectivity index (χ4n) is 2.45. The third-order valence-corrected chi connectivity index (χ3v) is 4.13. The van der Waals surface area contributed by atoms with E-state index < -0.39 is 0 Å². The van der Waals surface area contributed by atoms with Gasteiger partial charge in [0.1, 0.15) is 5.75 Å². The summed E-state index contributed by atoms with van der Waals surface area (Å²) in [6.45, 7) is 2.68. The minimum Gasteiger partial charge on any atom is -0.484 e. The molecule has 0 saturated carbocycles. The number of amides is 1. The summed E-state index contributed by atoms with van der Waals surface area (Å²) < 4.78 is 11.2. The molecule has 0 radical (unpaired) electrons. The summed E-state index contributed by atoms with van der Waals surface area (Å²) in [6, 6.07) is 4.89. The van der Waals surface area contributed by atoms with E-state index in [1.807, 2.05) is 0 Å². The topological polar surface area (TPSA) is 64.8 Å². The molecule has 128 valence electrons. The Morgan fingerprint density at radius 2 is 1.87 bits per heavy atom. The molecular formula is C16H22Cl2N2O3. The highest BCUT2D eigenvalue weighted by molar-refractivity contribution is 6.34. The van der Waals surface area contributed by atoms with Crippen LogP contribution in [0.2, 0.25) is 10.0 Å². The van der Waals surface area contributed by atoms with E-state index >= 15 is 0 Å². The number of nitrogens with two attached hydrogens (primary N) is 1. The number of hydrogen-bond donors (Lipinski definition) is 1. The SMILES string of the molecule is NCCCOC1CCN(C(=O)COc2cc(Cl)cc(Cl)c2)CC1. The molecule has 0 spiro atoms. The lowest BCUT2D eigenvalue weighted by Gasteiger charge is -2.31. The molecule has 5 nitrogen and oxygen atoms in total. The standard InChI is InChI=1S/C16H22Cl2N2O3/c17-12-8-13(18)10-15(9-12)23-11-16(21)20-5-2-14(3-6-20)22-7-1-4-19/h8-10,14H,1-7,11,19H2. The van der Waals surface area contributed by atoms with Crippen LogP contribution in [0.5, 0.6) is 5.75 Å². The molecule has 0 bridgehead atoms. The number of piperidine rings is 1. The van der Waals surface area contributed by atoms with Gasteiger partial charge in [-0.25, -0.2) is 0 Å². The summed E-state index contributed by atoms with van der Waals surface area (Å²) in [4.78, 5) is 14.0. The fraction of sp³-hybridized carbons (Fsp3) is 0.562. The van der Waals surface area contributed by atoms with Gasteiger partial charge in [0.05, 0.1) is 6.10 Å². The van der Waals surface area contributed by atoms with Gasteiger partial charge in [0.2, 0.25) is 0 Å². The number of rotatable bonds is 7. The first kappa shape index (κ1) is 18.3. The maximum Gasteiger partial charge on any atom is 0.260 e.